The fourth-order valence-electron chi connectivity index (χ4n) is 5.49. The van der Waals surface area contributed by atoms with Crippen LogP contribution < -0.4 is 51.0 Å². The molecule has 0 aromatic heterocycles. The van der Waals surface area contributed by atoms with E-state index in [9.17, 15) is 4.79 Å². The van der Waals surface area contributed by atoms with Crippen LogP contribution in [-0.2, 0) is 11.1 Å². The molecule has 1 atom stereocenters. The van der Waals surface area contributed by atoms with Crippen LogP contribution >= 0.6 is 17.2 Å². The first kappa shape index (κ1) is 42.2. The summed E-state index contributed by atoms with van der Waals surface area (Å²) < 4.78 is 71.5. The number of hydrogen-bond acceptors (Lipinski definition) is 13. The Bertz CT molecular complexity index is 2270. The summed E-state index contributed by atoms with van der Waals surface area (Å²) in [6.45, 7) is 0.0521. The molecule has 0 spiro atoms. The Morgan fingerprint density at radius 2 is 0.746 bits per heavy atom. The van der Waals surface area contributed by atoms with Crippen molar-refractivity contribution in [3.05, 3.63) is 150 Å². The maximum atomic E-state index is 14.8. The van der Waals surface area contributed by atoms with Gasteiger partial charge in [-0.05, 0) is 66.7 Å². The van der Waals surface area contributed by atoms with Gasteiger partial charge in [0.05, 0.1) is 60.4 Å². The summed E-state index contributed by atoms with van der Waals surface area (Å²) in [5.41, 5.74) is 1.02. The van der Waals surface area contributed by atoms with Crippen LogP contribution in [0.4, 0.5) is 0 Å². The molecule has 6 rings (SSSR count). The molecular formula is C44H42O13P2. The highest BCUT2D eigenvalue weighted by molar-refractivity contribution is 7.43. The highest BCUT2D eigenvalue weighted by Gasteiger charge is 2.30. The summed E-state index contributed by atoms with van der Waals surface area (Å²) in [5.74, 6) is 3.53. The van der Waals surface area contributed by atoms with Gasteiger partial charge < -0.3 is 51.0 Å². The fourth-order valence-corrected chi connectivity index (χ4v) is 7.54. The predicted molar refractivity (Wildman–Crippen MR) is 223 cm³/mol. The zero-order valence-corrected chi connectivity index (χ0v) is 34.9. The Morgan fingerprint density at radius 1 is 0.390 bits per heavy atom. The van der Waals surface area contributed by atoms with Crippen molar-refractivity contribution >= 4 is 23.0 Å². The third-order valence-electron chi connectivity index (χ3n) is 8.46. The first-order valence-corrected chi connectivity index (χ1v) is 20.1. The first-order valence-electron chi connectivity index (χ1n) is 17.9. The summed E-state index contributed by atoms with van der Waals surface area (Å²) >= 11 is 0. The Kier molecular flexibility index (Phi) is 14.9. The molecule has 0 aliphatic heterocycles. The summed E-state index contributed by atoms with van der Waals surface area (Å²) in [6.07, 6.45) is 0. The van der Waals surface area contributed by atoms with Gasteiger partial charge in [0.1, 0.15) is 28.7 Å². The molecule has 0 bridgehead atoms. The number of hydrogen-bond donors (Lipinski definition) is 0. The molecular weight excluding hydrogens is 798 g/mol. The second kappa shape index (κ2) is 20.9. The third kappa shape index (κ3) is 10.8. The SMILES string of the molecule is COc1ccc(C(=O)c2ccc(OC)cc2OP(Oc2ccccc2OC)Oc2ccccc2OC)c(OP(OCc2ccccc2OC)Oc2ccccc2OC)c1. The van der Waals surface area contributed by atoms with E-state index in [0.29, 0.717) is 51.7 Å². The van der Waals surface area contributed by atoms with E-state index in [1.165, 1.54) is 35.5 Å². The Balaban J connectivity index is 1.38. The van der Waals surface area contributed by atoms with Gasteiger partial charge >= 0.3 is 17.2 Å². The lowest BCUT2D eigenvalue weighted by Crippen LogP contribution is -2.10. The molecule has 6 aromatic rings. The quantitative estimate of drug-likeness (QED) is 0.0504. The summed E-state index contributed by atoms with van der Waals surface area (Å²) in [5, 5.41) is 0. The normalized spacial score (nSPS) is 11.2. The number of rotatable bonds is 21. The number of ether oxygens (including phenoxy) is 6. The van der Waals surface area contributed by atoms with Gasteiger partial charge in [-0.3, -0.25) is 9.32 Å². The summed E-state index contributed by atoms with van der Waals surface area (Å²) in [7, 11) is 4.58. The molecule has 1 unspecified atom stereocenters. The minimum atomic E-state index is -2.33. The number of carbonyl (C=O) groups excluding carboxylic acids is 1. The topological polar surface area (TPSA) is 128 Å². The van der Waals surface area contributed by atoms with Crippen molar-refractivity contribution in [2.45, 2.75) is 6.61 Å². The van der Waals surface area contributed by atoms with E-state index in [-0.39, 0.29) is 29.2 Å². The van der Waals surface area contributed by atoms with Crippen LogP contribution in [0.5, 0.6) is 63.2 Å². The number of para-hydroxylation sites is 7. The maximum absolute atomic E-state index is 14.8. The van der Waals surface area contributed by atoms with Crippen molar-refractivity contribution in [2.24, 2.45) is 0 Å². The molecule has 0 aliphatic carbocycles. The summed E-state index contributed by atoms with van der Waals surface area (Å²) in [4.78, 5) is 14.8. The zero-order valence-electron chi connectivity index (χ0n) is 33.1. The lowest BCUT2D eigenvalue weighted by Gasteiger charge is -2.22. The molecule has 0 N–H and O–H groups in total. The fraction of sp³-hybridized carbons (Fsp3) is 0.159. The van der Waals surface area contributed by atoms with Crippen molar-refractivity contribution in [3.8, 4) is 63.2 Å². The molecule has 306 valence electrons. The van der Waals surface area contributed by atoms with Crippen molar-refractivity contribution in [1.82, 2.24) is 0 Å². The van der Waals surface area contributed by atoms with E-state index in [4.69, 9.17) is 55.6 Å². The highest BCUT2D eigenvalue weighted by atomic mass is 31.2. The highest BCUT2D eigenvalue weighted by Crippen LogP contribution is 2.50. The van der Waals surface area contributed by atoms with Gasteiger partial charge in [0.15, 0.2) is 34.5 Å². The van der Waals surface area contributed by atoms with E-state index in [2.05, 4.69) is 0 Å². The van der Waals surface area contributed by atoms with E-state index in [1.807, 2.05) is 30.3 Å². The molecule has 59 heavy (non-hydrogen) atoms. The molecule has 13 nitrogen and oxygen atoms in total. The lowest BCUT2D eigenvalue weighted by molar-refractivity contribution is 0.103. The second-order valence-corrected chi connectivity index (χ2v) is 14.1. The van der Waals surface area contributed by atoms with Crippen molar-refractivity contribution in [3.63, 3.8) is 0 Å². The van der Waals surface area contributed by atoms with Crippen molar-refractivity contribution < 1.29 is 60.4 Å². The molecule has 0 amide bonds. The van der Waals surface area contributed by atoms with E-state index in [1.54, 1.807) is 110 Å². The Labute approximate surface area is 345 Å². The monoisotopic (exact) mass is 840 g/mol. The molecule has 15 heteroatoms. The lowest BCUT2D eigenvalue weighted by atomic mass is 10.0. The van der Waals surface area contributed by atoms with E-state index >= 15 is 0 Å². The second-order valence-electron chi connectivity index (χ2n) is 12.0. The van der Waals surface area contributed by atoms with Gasteiger partial charge in [-0.1, -0.05) is 54.6 Å². The maximum Gasteiger partial charge on any atom is 0.530 e. The number of benzene rings is 6. The van der Waals surface area contributed by atoms with Crippen LogP contribution in [0, 0.1) is 0 Å². The molecule has 0 heterocycles. The number of carbonyl (C=O) groups is 1. The van der Waals surface area contributed by atoms with E-state index < -0.39 is 23.0 Å². The zero-order chi connectivity index (χ0) is 41.6. The van der Waals surface area contributed by atoms with E-state index in [0.717, 1.165) is 5.56 Å². The van der Waals surface area contributed by atoms with Crippen LogP contribution in [0.15, 0.2) is 133 Å². The number of methoxy groups -OCH3 is 6. The minimum Gasteiger partial charge on any atom is -0.497 e. The summed E-state index contributed by atoms with van der Waals surface area (Å²) in [6, 6.07) is 38.2. The Hall–Kier alpha value is -6.39. The van der Waals surface area contributed by atoms with Crippen molar-refractivity contribution in [1.29, 1.82) is 0 Å². The Morgan fingerprint density at radius 3 is 1.17 bits per heavy atom. The number of ketones is 1. The van der Waals surface area contributed by atoms with Crippen molar-refractivity contribution in [2.75, 3.05) is 42.7 Å². The standard InChI is InChI=1S/C44H42O13P2/c1-46-31-23-25-33(42(27-31)56-58(53-39-20-12-9-17-36(39)49-4)52-29-30-15-7-8-16-35(30)48-3)44(45)34-26-24-32(47-2)28-43(34)57-59(54-40-21-13-10-18-37(40)50-5)55-41-22-14-11-19-38(41)51-6/h7-28H,29H2,1-6H3. The average Bonchev–Trinajstić information content (AvgIpc) is 3.28. The van der Waals surface area contributed by atoms with Gasteiger partial charge in [-0.25, -0.2) is 0 Å². The van der Waals surface area contributed by atoms with Gasteiger partial charge in [0.25, 0.3) is 0 Å². The molecule has 0 saturated carbocycles. The molecule has 0 saturated heterocycles. The molecule has 6 aromatic carbocycles. The first-order chi connectivity index (χ1) is 28.9. The minimum absolute atomic E-state index is 0.0521. The smallest absolute Gasteiger partial charge is 0.497 e. The van der Waals surface area contributed by atoms with Crippen LogP contribution in [0.3, 0.4) is 0 Å². The third-order valence-corrected chi connectivity index (χ3v) is 10.5. The molecule has 0 fully saturated rings. The van der Waals surface area contributed by atoms with Gasteiger partial charge in [0.2, 0.25) is 5.78 Å². The van der Waals surface area contributed by atoms with Crippen LogP contribution in [0.2, 0.25) is 0 Å². The van der Waals surface area contributed by atoms with Crippen LogP contribution in [0.1, 0.15) is 21.5 Å². The van der Waals surface area contributed by atoms with Gasteiger partial charge in [0, 0.05) is 17.7 Å². The average molecular weight is 841 g/mol. The predicted octanol–water partition coefficient (Wildman–Crippen LogP) is 10.6. The van der Waals surface area contributed by atoms with Crippen LogP contribution in [-0.4, -0.2) is 48.4 Å². The largest absolute Gasteiger partial charge is 0.530 e. The molecule has 0 aliphatic rings. The van der Waals surface area contributed by atoms with Gasteiger partial charge in [-0.15, -0.1) is 0 Å². The van der Waals surface area contributed by atoms with Gasteiger partial charge in [-0.2, -0.15) is 0 Å². The molecule has 0 radical (unpaired) electrons. The van der Waals surface area contributed by atoms with Crippen LogP contribution in [0.25, 0.3) is 0 Å².